The number of hydrogen-bond acceptors (Lipinski definition) is 1. The largest absolute Gasteiger partial charge is 0.508 e. The standard InChI is InChI=1S/C15H20O/c1-10-4-5-12(13(16)8-10)14(2)7-6-11-9-15(11,14)3/h4-5,8,11,16H,6-7,9H2,1-3H3/t11?,14-,15+/m0/s1. The van der Waals surface area contributed by atoms with E-state index in [1.165, 1.54) is 24.8 Å². The van der Waals surface area contributed by atoms with Crippen molar-refractivity contribution < 1.29 is 5.11 Å². The Morgan fingerprint density at radius 3 is 2.56 bits per heavy atom. The van der Waals surface area contributed by atoms with E-state index >= 15 is 0 Å². The van der Waals surface area contributed by atoms with Crippen molar-refractivity contribution in [3.05, 3.63) is 29.3 Å². The minimum Gasteiger partial charge on any atom is -0.508 e. The zero-order valence-corrected chi connectivity index (χ0v) is 10.4. The lowest BCUT2D eigenvalue weighted by molar-refractivity contribution is 0.299. The third kappa shape index (κ3) is 1.07. The summed E-state index contributed by atoms with van der Waals surface area (Å²) < 4.78 is 0. The van der Waals surface area contributed by atoms with Crippen LogP contribution in [0.25, 0.3) is 0 Å². The predicted octanol–water partition coefficient (Wildman–Crippen LogP) is 3.78. The Bertz CT molecular complexity index is 449. The molecule has 16 heavy (non-hydrogen) atoms. The Hall–Kier alpha value is -0.980. The van der Waals surface area contributed by atoms with E-state index in [1.807, 2.05) is 13.0 Å². The summed E-state index contributed by atoms with van der Waals surface area (Å²) in [6.45, 7) is 6.76. The van der Waals surface area contributed by atoms with Crippen LogP contribution in [0.5, 0.6) is 5.75 Å². The van der Waals surface area contributed by atoms with Crippen molar-refractivity contribution in [1.82, 2.24) is 0 Å². The molecule has 1 nitrogen and oxygen atoms in total. The molecule has 1 heteroatoms. The second kappa shape index (κ2) is 2.82. The van der Waals surface area contributed by atoms with Crippen LogP contribution < -0.4 is 0 Å². The number of hydrogen-bond donors (Lipinski definition) is 1. The fourth-order valence-electron chi connectivity index (χ4n) is 3.85. The Balaban J connectivity index is 2.09. The number of phenolic OH excluding ortho intramolecular Hbond substituents is 1. The predicted molar refractivity (Wildman–Crippen MR) is 65.6 cm³/mol. The molecule has 3 atom stereocenters. The number of benzene rings is 1. The lowest BCUT2D eigenvalue weighted by Gasteiger charge is -2.34. The minimum absolute atomic E-state index is 0.190. The third-order valence-electron chi connectivity index (χ3n) is 5.41. The second-order valence-electron chi connectivity index (χ2n) is 6.21. The second-order valence-corrected chi connectivity index (χ2v) is 6.21. The van der Waals surface area contributed by atoms with E-state index in [-0.39, 0.29) is 5.41 Å². The highest BCUT2D eigenvalue weighted by atomic mass is 16.3. The SMILES string of the molecule is Cc1ccc([C@]2(C)CCC3C[C@]32C)c(O)c1. The van der Waals surface area contributed by atoms with Gasteiger partial charge in [0, 0.05) is 11.0 Å². The van der Waals surface area contributed by atoms with Gasteiger partial charge in [-0.3, -0.25) is 0 Å². The molecule has 1 aromatic rings. The highest BCUT2D eigenvalue weighted by Gasteiger charge is 2.66. The molecule has 86 valence electrons. The van der Waals surface area contributed by atoms with E-state index in [4.69, 9.17) is 0 Å². The fraction of sp³-hybridized carbons (Fsp3) is 0.600. The first-order chi connectivity index (χ1) is 7.47. The smallest absolute Gasteiger partial charge is 0.119 e. The molecule has 0 bridgehead atoms. The summed E-state index contributed by atoms with van der Waals surface area (Å²) in [6, 6.07) is 6.16. The van der Waals surface area contributed by atoms with Crippen LogP contribution in [0.15, 0.2) is 18.2 Å². The van der Waals surface area contributed by atoms with Crippen LogP contribution in [0.4, 0.5) is 0 Å². The summed E-state index contributed by atoms with van der Waals surface area (Å²) in [5.74, 6) is 1.40. The molecule has 2 saturated carbocycles. The fourth-order valence-corrected chi connectivity index (χ4v) is 3.85. The molecule has 0 aromatic heterocycles. The zero-order chi connectivity index (χ0) is 11.6. The Labute approximate surface area is 97.5 Å². The van der Waals surface area contributed by atoms with Gasteiger partial charge in [-0.2, -0.15) is 0 Å². The van der Waals surface area contributed by atoms with Gasteiger partial charge in [0.25, 0.3) is 0 Å². The Morgan fingerprint density at radius 2 is 2.06 bits per heavy atom. The quantitative estimate of drug-likeness (QED) is 0.757. The van der Waals surface area contributed by atoms with Crippen molar-refractivity contribution in [3.8, 4) is 5.75 Å². The Kier molecular flexibility index (Phi) is 1.80. The van der Waals surface area contributed by atoms with Crippen molar-refractivity contribution in [2.45, 2.75) is 45.4 Å². The molecule has 2 aliphatic rings. The van der Waals surface area contributed by atoms with Gasteiger partial charge in [-0.05, 0) is 49.1 Å². The van der Waals surface area contributed by atoms with Gasteiger partial charge in [0.15, 0.2) is 0 Å². The molecule has 0 spiro atoms. The van der Waals surface area contributed by atoms with E-state index in [0.717, 1.165) is 11.5 Å². The van der Waals surface area contributed by atoms with Gasteiger partial charge in [-0.15, -0.1) is 0 Å². The van der Waals surface area contributed by atoms with Crippen LogP contribution >= 0.6 is 0 Å². The van der Waals surface area contributed by atoms with Crippen LogP contribution in [0.2, 0.25) is 0 Å². The van der Waals surface area contributed by atoms with Crippen molar-refractivity contribution in [2.75, 3.05) is 0 Å². The molecule has 2 fully saturated rings. The molecule has 2 aliphatic carbocycles. The Morgan fingerprint density at radius 1 is 1.31 bits per heavy atom. The van der Waals surface area contributed by atoms with Gasteiger partial charge >= 0.3 is 0 Å². The topological polar surface area (TPSA) is 20.2 Å². The monoisotopic (exact) mass is 216 g/mol. The molecule has 3 rings (SSSR count). The van der Waals surface area contributed by atoms with E-state index in [0.29, 0.717) is 11.2 Å². The van der Waals surface area contributed by atoms with Gasteiger partial charge in [0.1, 0.15) is 5.75 Å². The van der Waals surface area contributed by atoms with E-state index in [2.05, 4.69) is 26.0 Å². The van der Waals surface area contributed by atoms with Crippen molar-refractivity contribution in [1.29, 1.82) is 0 Å². The summed E-state index contributed by atoms with van der Waals surface area (Å²) >= 11 is 0. The maximum atomic E-state index is 10.2. The molecule has 0 aliphatic heterocycles. The van der Waals surface area contributed by atoms with E-state index in [9.17, 15) is 5.11 Å². The van der Waals surface area contributed by atoms with Crippen molar-refractivity contribution in [3.63, 3.8) is 0 Å². The third-order valence-corrected chi connectivity index (χ3v) is 5.41. The number of rotatable bonds is 1. The average molecular weight is 216 g/mol. The van der Waals surface area contributed by atoms with Crippen molar-refractivity contribution >= 4 is 0 Å². The number of fused-ring (bicyclic) bond motifs is 1. The first-order valence-electron chi connectivity index (χ1n) is 6.27. The van der Waals surface area contributed by atoms with Gasteiger partial charge < -0.3 is 5.11 Å². The average Bonchev–Trinajstić information content (AvgIpc) is 2.81. The summed E-state index contributed by atoms with van der Waals surface area (Å²) in [4.78, 5) is 0. The molecular weight excluding hydrogens is 196 g/mol. The molecule has 0 radical (unpaired) electrons. The summed E-state index contributed by atoms with van der Waals surface area (Å²) in [5, 5.41) is 10.2. The lowest BCUT2D eigenvalue weighted by atomic mass is 9.70. The van der Waals surface area contributed by atoms with Crippen LogP contribution in [0.1, 0.15) is 44.2 Å². The first-order valence-corrected chi connectivity index (χ1v) is 6.27. The zero-order valence-electron chi connectivity index (χ0n) is 10.4. The van der Waals surface area contributed by atoms with Crippen molar-refractivity contribution in [2.24, 2.45) is 11.3 Å². The van der Waals surface area contributed by atoms with Gasteiger partial charge in [0.05, 0.1) is 0 Å². The lowest BCUT2D eigenvalue weighted by Crippen LogP contribution is -2.29. The molecule has 0 amide bonds. The molecule has 1 unspecified atom stereocenters. The summed E-state index contributed by atoms with van der Waals surface area (Å²) in [7, 11) is 0. The van der Waals surface area contributed by atoms with Gasteiger partial charge in [-0.1, -0.05) is 26.0 Å². The normalized spacial score (nSPS) is 40.8. The molecule has 0 heterocycles. The molecular formula is C15H20O. The van der Waals surface area contributed by atoms with Crippen LogP contribution in [0.3, 0.4) is 0 Å². The first kappa shape index (κ1) is 10.2. The number of aromatic hydroxyl groups is 1. The summed E-state index contributed by atoms with van der Waals surface area (Å²) in [5.41, 5.74) is 2.94. The summed E-state index contributed by atoms with van der Waals surface area (Å²) in [6.07, 6.45) is 3.90. The highest BCUT2D eigenvalue weighted by molar-refractivity contribution is 5.45. The van der Waals surface area contributed by atoms with E-state index < -0.39 is 0 Å². The van der Waals surface area contributed by atoms with Crippen LogP contribution in [-0.4, -0.2) is 5.11 Å². The van der Waals surface area contributed by atoms with E-state index in [1.54, 1.807) is 0 Å². The number of phenols is 1. The molecule has 0 saturated heterocycles. The minimum atomic E-state index is 0.190. The van der Waals surface area contributed by atoms with Crippen LogP contribution in [-0.2, 0) is 5.41 Å². The maximum absolute atomic E-state index is 10.2. The number of aryl methyl sites for hydroxylation is 1. The molecule has 1 N–H and O–H groups in total. The van der Waals surface area contributed by atoms with Gasteiger partial charge in [0.2, 0.25) is 0 Å². The maximum Gasteiger partial charge on any atom is 0.119 e. The van der Waals surface area contributed by atoms with Gasteiger partial charge in [-0.25, -0.2) is 0 Å². The molecule has 1 aromatic carbocycles. The highest BCUT2D eigenvalue weighted by Crippen LogP contribution is 2.72. The van der Waals surface area contributed by atoms with Crippen LogP contribution in [0, 0.1) is 18.3 Å².